The number of rotatable bonds is 5. The van der Waals surface area contributed by atoms with E-state index in [-0.39, 0.29) is 29.8 Å². The second kappa shape index (κ2) is 7.52. The van der Waals surface area contributed by atoms with Gasteiger partial charge in [-0.1, -0.05) is 38.1 Å². The third kappa shape index (κ3) is 4.15. The van der Waals surface area contributed by atoms with E-state index in [0.717, 1.165) is 18.6 Å². The first-order chi connectivity index (χ1) is 9.45. The second-order valence-corrected chi connectivity index (χ2v) is 7.11. The SMILES string of the molecule is CSCCC(N)C(=O)NC1CC(C)(C)c2ccccc21.Cl. The smallest absolute Gasteiger partial charge is 0.237 e. The number of carbonyl (C=O) groups is 1. The molecule has 21 heavy (non-hydrogen) atoms. The monoisotopic (exact) mass is 328 g/mol. The molecule has 2 atom stereocenters. The highest BCUT2D eigenvalue weighted by Gasteiger charge is 2.37. The van der Waals surface area contributed by atoms with Crippen LogP contribution in [-0.2, 0) is 10.2 Å². The van der Waals surface area contributed by atoms with Crippen LogP contribution in [0.4, 0.5) is 0 Å². The van der Waals surface area contributed by atoms with E-state index in [0.29, 0.717) is 0 Å². The maximum atomic E-state index is 12.2. The fourth-order valence-electron chi connectivity index (χ4n) is 2.93. The molecule has 0 spiro atoms. The Kier molecular flexibility index (Phi) is 6.57. The molecule has 5 heteroatoms. The minimum atomic E-state index is -0.404. The van der Waals surface area contributed by atoms with Crippen LogP contribution in [-0.4, -0.2) is 24.0 Å². The molecule has 1 aliphatic carbocycles. The molecule has 1 amide bonds. The third-order valence-electron chi connectivity index (χ3n) is 4.07. The zero-order valence-electron chi connectivity index (χ0n) is 12.9. The van der Waals surface area contributed by atoms with Gasteiger partial charge in [0, 0.05) is 0 Å². The Bertz CT molecular complexity index is 493. The topological polar surface area (TPSA) is 55.1 Å². The normalized spacial score (nSPS) is 20.3. The van der Waals surface area contributed by atoms with Crippen molar-refractivity contribution in [1.82, 2.24) is 5.32 Å². The molecule has 2 unspecified atom stereocenters. The molecule has 3 N–H and O–H groups in total. The van der Waals surface area contributed by atoms with Crippen LogP contribution in [0.1, 0.15) is 43.9 Å². The molecule has 2 rings (SSSR count). The highest BCUT2D eigenvalue weighted by atomic mass is 35.5. The minimum Gasteiger partial charge on any atom is -0.348 e. The summed E-state index contributed by atoms with van der Waals surface area (Å²) in [6, 6.07) is 8.06. The van der Waals surface area contributed by atoms with Crippen LogP contribution < -0.4 is 11.1 Å². The highest BCUT2D eigenvalue weighted by Crippen LogP contribution is 2.44. The first-order valence-electron chi connectivity index (χ1n) is 7.10. The van der Waals surface area contributed by atoms with Crippen LogP contribution in [0.5, 0.6) is 0 Å². The van der Waals surface area contributed by atoms with E-state index in [1.807, 2.05) is 12.3 Å². The van der Waals surface area contributed by atoms with Crippen molar-refractivity contribution in [3.63, 3.8) is 0 Å². The molecule has 0 saturated carbocycles. The zero-order chi connectivity index (χ0) is 14.8. The Morgan fingerprint density at radius 3 is 2.81 bits per heavy atom. The van der Waals surface area contributed by atoms with Crippen molar-refractivity contribution >= 4 is 30.1 Å². The number of amides is 1. The first-order valence-corrected chi connectivity index (χ1v) is 8.49. The van der Waals surface area contributed by atoms with Gasteiger partial charge in [-0.2, -0.15) is 11.8 Å². The molecule has 0 fully saturated rings. The Labute approximate surface area is 137 Å². The van der Waals surface area contributed by atoms with Crippen molar-refractivity contribution < 1.29 is 4.79 Å². The molecule has 1 aromatic rings. The number of halogens is 1. The molecule has 0 saturated heterocycles. The van der Waals surface area contributed by atoms with Crippen molar-refractivity contribution in [3.8, 4) is 0 Å². The predicted octanol–water partition coefficient (Wildman–Crippen LogP) is 3.03. The molecule has 1 aromatic carbocycles. The van der Waals surface area contributed by atoms with E-state index in [1.165, 1.54) is 11.1 Å². The van der Waals surface area contributed by atoms with E-state index in [4.69, 9.17) is 5.73 Å². The Morgan fingerprint density at radius 2 is 2.14 bits per heavy atom. The lowest BCUT2D eigenvalue weighted by molar-refractivity contribution is -0.123. The summed E-state index contributed by atoms with van der Waals surface area (Å²) >= 11 is 1.72. The standard InChI is InChI=1S/C16H24N2OS.ClH/c1-16(2)10-14(11-6-4-5-7-12(11)16)18-15(19)13(17)8-9-20-3;/h4-7,13-14H,8-10,17H2,1-3H3,(H,18,19);1H. The molecule has 0 radical (unpaired) electrons. The van der Waals surface area contributed by atoms with Crippen LogP contribution >= 0.6 is 24.2 Å². The molecular weight excluding hydrogens is 304 g/mol. The highest BCUT2D eigenvalue weighted by molar-refractivity contribution is 7.98. The summed E-state index contributed by atoms with van der Waals surface area (Å²) in [7, 11) is 0. The van der Waals surface area contributed by atoms with Gasteiger partial charge in [0.25, 0.3) is 0 Å². The quantitative estimate of drug-likeness (QED) is 0.873. The number of benzene rings is 1. The summed E-state index contributed by atoms with van der Waals surface area (Å²) in [5.41, 5.74) is 8.63. The maximum absolute atomic E-state index is 12.2. The molecule has 118 valence electrons. The number of nitrogens with two attached hydrogens (primary N) is 1. The molecule has 0 aliphatic heterocycles. The summed E-state index contributed by atoms with van der Waals surface area (Å²) in [4.78, 5) is 12.2. The Hall–Kier alpha value is -0.710. The van der Waals surface area contributed by atoms with Gasteiger partial charge in [0.2, 0.25) is 5.91 Å². The fourth-order valence-corrected chi connectivity index (χ4v) is 3.42. The lowest BCUT2D eigenvalue weighted by Crippen LogP contribution is -2.42. The van der Waals surface area contributed by atoms with Gasteiger partial charge in [-0.3, -0.25) is 4.79 Å². The molecule has 1 aliphatic rings. The van der Waals surface area contributed by atoms with Crippen molar-refractivity contribution in [2.75, 3.05) is 12.0 Å². The number of hydrogen-bond donors (Lipinski definition) is 2. The third-order valence-corrected chi connectivity index (χ3v) is 4.71. The van der Waals surface area contributed by atoms with E-state index in [2.05, 4.69) is 37.4 Å². The van der Waals surface area contributed by atoms with Crippen molar-refractivity contribution in [1.29, 1.82) is 0 Å². The van der Waals surface area contributed by atoms with Crippen LogP contribution in [0.3, 0.4) is 0 Å². The number of hydrogen-bond acceptors (Lipinski definition) is 3. The lowest BCUT2D eigenvalue weighted by atomic mass is 9.86. The summed E-state index contributed by atoms with van der Waals surface area (Å²) in [6.45, 7) is 4.46. The fraction of sp³-hybridized carbons (Fsp3) is 0.562. The van der Waals surface area contributed by atoms with E-state index < -0.39 is 6.04 Å². The van der Waals surface area contributed by atoms with Crippen LogP contribution in [0.25, 0.3) is 0 Å². The van der Waals surface area contributed by atoms with E-state index >= 15 is 0 Å². The first kappa shape index (κ1) is 18.3. The summed E-state index contributed by atoms with van der Waals surface area (Å²) < 4.78 is 0. The Balaban J connectivity index is 0.00000220. The lowest BCUT2D eigenvalue weighted by Gasteiger charge is -2.20. The minimum absolute atomic E-state index is 0. The van der Waals surface area contributed by atoms with Gasteiger partial charge in [0.1, 0.15) is 0 Å². The average Bonchev–Trinajstić information content (AvgIpc) is 2.68. The molecule has 0 aromatic heterocycles. The number of fused-ring (bicyclic) bond motifs is 1. The second-order valence-electron chi connectivity index (χ2n) is 6.12. The summed E-state index contributed by atoms with van der Waals surface area (Å²) in [5.74, 6) is 0.887. The zero-order valence-corrected chi connectivity index (χ0v) is 14.5. The van der Waals surface area contributed by atoms with E-state index in [9.17, 15) is 4.79 Å². The summed E-state index contributed by atoms with van der Waals surface area (Å²) in [6.07, 6.45) is 3.69. The number of nitrogens with one attached hydrogen (secondary N) is 1. The van der Waals surface area contributed by atoms with Crippen molar-refractivity contribution in [2.24, 2.45) is 5.73 Å². The molecule has 0 bridgehead atoms. The molecule has 0 heterocycles. The van der Waals surface area contributed by atoms with Crippen molar-refractivity contribution in [2.45, 2.75) is 44.2 Å². The van der Waals surface area contributed by atoms with Crippen molar-refractivity contribution in [3.05, 3.63) is 35.4 Å². The van der Waals surface area contributed by atoms with Gasteiger partial charge in [-0.15, -0.1) is 12.4 Å². The van der Waals surface area contributed by atoms with Crippen LogP contribution in [0, 0.1) is 0 Å². The maximum Gasteiger partial charge on any atom is 0.237 e. The van der Waals surface area contributed by atoms with Gasteiger partial charge < -0.3 is 11.1 Å². The number of thioether (sulfide) groups is 1. The molecular formula is C16H25ClN2OS. The van der Waals surface area contributed by atoms with E-state index in [1.54, 1.807) is 11.8 Å². The largest absolute Gasteiger partial charge is 0.348 e. The van der Waals surface area contributed by atoms with Crippen LogP contribution in [0.15, 0.2) is 24.3 Å². The van der Waals surface area contributed by atoms with Crippen LogP contribution in [0.2, 0.25) is 0 Å². The predicted molar refractivity (Wildman–Crippen MR) is 93.2 cm³/mol. The number of carbonyl (C=O) groups excluding carboxylic acids is 1. The van der Waals surface area contributed by atoms with Gasteiger partial charge in [-0.05, 0) is 41.4 Å². The Morgan fingerprint density at radius 1 is 1.48 bits per heavy atom. The average molecular weight is 329 g/mol. The summed E-state index contributed by atoms with van der Waals surface area (Å²) in [5, 5.41) is 3.13. The van der Waals surface area contributed by atoms with Gasteiger partial charge >= 0.3 is 0 Å². The van der Waals surface area contributed by atoms with Gasteiger partial charge in [0.15, 0.2) is 0 Å². The molecule has 3 nitrogen and oxygen atoms in total. The van der Waals surface area contributed by atoms with Gasteiger partial charge in [0.05, 0.1) is 12.1 Å². The van der Waals surface area contributed by atoms with Gasteiger partial charge in [-0.25, -0.2) is 0 Å².